The van der Waals surface area contributed by atoms with Crippen molar-refractivity contribution >= 4 is 11.8 Å². The van der Waals surface area contributed by atoms with Gasteiger partial charge in [0, 0.05) is 18.8 Å². The molecule has 2 aromatic rings. The van der Waals surface area contributed by atoms with Gasteiger partial charge in [0.05, 0.1) is 11.7 Å². The number of carboxylic acid groups (broad SMARTS) is 1. The molecule has 2 N–H and O–H groups in total. The first-order chi connectivity index (χ1) is 13.9. The van der Waals surface area contributed by atoms with Crippen LogP contribution in [-0.2, 0) is 17.6 Å². The van der Waals surface area contributed by atoms with Gasteiger partial charge in [-0.25, -0.2) is 9.18 Å². The van der Waals surface area contributed by atoms with Gasteiger partial charge >= 0.3 is 5.97 Å². The molecule has 0 saturated heterocycles. The number of benzene rings is 2. The summed E-state index contributed by atoms with van der Waals surface area (Å²) in [5.41, 5.74) is 2.11. The third-order valence-corrected chi connectivity index (χ3v) is 5.54. The summed E-state index contributed by atoms with van der Waals surface area (Å²) >= 11 is 0. The topological polar surface area (TPSA) is 74.6 Å². The van der Waals surface area contributed by atoms with E-state index in [1.165, 1.54) is 12.1 Å². The van der Waals surface area contributed by atoms with Gasteiger partial charge in [0.2, 0.25) is 0 Å². The highest BCUT2D eigenvalue weighted by Crippen LogP contribution is 2.33. The lowest BCUT2D eigenvalue weighted by atomic mass is 9.88. The average molecular weight is 396 g/mol. The fraction of sp³-hybridized carbons (Fsp3) is 0.333. The van der Waals surface area contributed by atoms with E-state index >= 15 is 0 Å². The Hall–Kier alpha value is -2.79. The molecule has 0 aliphatic heterocycles. The summed E-state index contributed by atoms with van der Waals surface area (Å²) in [7, 11) is 0. The van der Waals surface area contributed by atoms with Crippen LogP contribution in [0.3, 0.4) is 0 Å². The number of halogens is 1. The zero-order valence-electron chi connectivity index (χ0n) is 16.1. The molecule has 1 fully saturated rings. The van der Waals surface area contributed by atoms with Gasteiger partial charge in [-0.1, -0.05) is 36.4 Å². The lowest BCUT2D eigenvalue weighted by molar-refractivity contribution is -0.121. The Bertz CT molecular complexity index is 871. The number of aromatic carboxylic acids is 1. The molecule has 1 saturated carbocycles. The minimum atomic E-state index is -0.952. The zero-order valence-corrected chi connectivity index (χ0v) is 16.1. The summed E-state index contributed by atoms with van der Waals surface area (Å²) in [6.07, 6.45) is 6.14. The van der Waals surface area contributed by atoms with Crippen LogP contribution >= 0.6 is 0 Å². The molecule has 0 aromatic heterocycles. The highest BCUT2D eigenvalue weighted by atomic mass is 19.1. The third-order valence-electron chi connectivity index (χ3n) is 5.54. The number of hydrogen-bond acceptors (Lipinski definition) is 3. The van der Waals surface area contributed by atoms with Crippen LogP contribution < -0.4 is 0 Å². The second-order valence-electron chi connectivity index (χ2n) is 7.60. The van der Waals surface area contributed by atoms with Crippen LogP contribution in [0.15, 0.2) is 60.7 Å². The van der Waals surface area contributed by atoms with E-state index in [0.29, 0.717) is 25.7 Å². The minimum Gasteiger partial charge on any atom is -0.478 e. The lowest BCUT2D eigenvalue weighted by Gasteiger charge is -2.16. The fourth-order valence-corrected chi connectivity index (χ4v) is 3.88. The van der Waals surface area contributed by atoms with Crippen molar-refractivity contribution in [2.45, 2.75) is 38.2 Å². The van der Waals surface area contributed by atoms with Gasteiger partial charge in [-0.3, -0.25) is 4.79 Å². The van der Waals surface area contributed by atoms with E-state index in [2.05, 4.69) is 0 Å². The van der Waals surface area contributed by atoms with Gasteiger partial charge in [-0.15, -0.1) is 0 Å². The predicted molar refractivity (Wildman–Crippen MR) is 108 cm³/mol. The molecule has 5 heteroatoms. The number of Topliss-reactive ketones (excluding diaryl/α,β-unsaturated/α-hetero) is 1. The van der Waals surface area contributed by atoms with Gasteiger partial charge in [0.1, 0.15) is 11.6 Å². The molecule has 3 atom stereocenters. The largest absolute Gasteiger partial charge is 0.478 e. The maximum absolute atomic E-state index is 13.0. The van der Waals surface area contributed by atoms with Crippen molar-refractivity contribution in [1.82, 2.24) is 0 Å². The molecule has 0 heterocycles. The van der Waals surface area contributed by atoms with Gasteiger partial charge in [0.15, 0.2) is 0 Å². The van der Waals surface area contributed by atoms with Gasteiger partial charge < -0.3 is 10.2 Å². The molecule has 0 amide bonds. The molecule has 4 nitrogen and oxygen atoms in total. The van der Waals surface area contributed by atoms with Gasteiger partial charge in [-0.2, -0.15) is 0 Å². The van der Waals surface area contributed by atoms with E-state index < -0.39 is 12.1 Å². The number of aliphatic hydroxyl groups excluding tert-OH is 1. The standard InChI is InChI=1S/C24H25FO4/c25-20-10-3-17(4-11-20)15-21(26)12-8-18-9-14-23(27)22(18)13-5-16-1-6-19(7-2-16)24(28)29/h1-4,6-8,10-12,18,21-22,26H,5,9,13-15H2,(H,28,29)/t18-,21?,22+/m0/s1. The van der Waals surface area contributed by atoms with Gasteiger partial charge in [-0.05, 0) is 60.6 Å². The van der Waals surface area contributed by atoms with E-state index in [9.17, 15) is 19.1 Å². The normalized spacial score (nSPS) is 20.3. The monoisotopic (exact) mass is 396 g/mol. The van der Waals surface area contributed by atoms with Crippen LogP contribution in [0.5, 0.6) is 0 Å². The van der Waals surface area contributed by atoms with E-state index in [1.54, 1.807) is 42.5 Å². The van der Waals surface area contributed by atoms with E-state index in [-0.39, 0.29) is 29.0 Å². The molecule has 152 valence electrons. The number of ketones is 1. The minimum absolute atomic E-state index is 0.0802. The van der Waals surface area contributed by atoms with Crippen LogP contribution in [0.4, 0.5) is 4.39 Å². The number of aryl methyl sites for hydroxylation is 1. The predicted octanol–water partition coefficient (Wildman–Crippen LogP) is 4.21. The highest BCUT2D eigenvalue weighted by Gasteiger charge is 2.32. The van der Waals surface area contributed by atoms with Crippen molar-refractivity contribution < 1.29 is 24.2 Å². The number of hydrogen-bond donors (Lipinski definition) is 2. The fourth-order valence-electron chi connectivity index (χ4n) is 3.88. The number of carbonyl (C=O) groups excluding carboxylic acids is 1. The third kappa shape index (κ3) is 5.84. The van der Waals surface area contributed by atoms with Crippen LogP contribution in [0.2, 0.25) is 0 Å². The van der Waals surface area contributed by atoms with Crippen molar-refractivity contribution in [2.24, 2.45) is 11.8 Å². The molecular formula is C24H25FO4. The summed E-state index contributed by atoms with van der Waals surface area (Å²) in [6.45, 7) is 0. The molecule has 1 unspecified atom stereocenters. The number of carbonyl (C=O) groups is 2. The highest BCUT2D eigenvalue weighted by molar-refractivity contribution is 5.87. The Kier molecular flexibility index (Phi) is 6.94. The quantitative estimate of drug-likeness (QED) is 0.656. The first-order valence-corrected chi connectivity index (χ1v) is 9.88. The van der Waals surface area contributed by atoms with E-state index in [0.717, 1.165) is 17.5 Å². The molecule has 3 rings (SSSR count). The van der Waals surface area contributed by atoms with Crippen LogP contribution in [-0.4, -0.2) is 28.1 Å². The van der Waals surface area contributed by atoms with Crippen LogP contribution in [0, 0.1) is 17.7 Å². The molecule has 0 bridgehead atoms. The van der Waals surface area contributed by atoms with Crippen molar-refractivity contribution in [3.05, 3.63) is 83.2 Å². The number of allylic oxidation sites excluding steroid dienone is 1. The maximum Gasteiger partial charge on any atom is 0.335 e. The molecule has 0 spiro atoms. The Morgan fingerprint density at radius 1 is 1.10 bits per heavy atom. The molecule has 2 aromatic carbocycles. The molecule has 0 radical (unpaired) electrons. The van der Waals surface area contributed by atoms with Crippen LogP contribution in [0.1, 0.15) is 40.7 Å². The average Bonchev–Trinajstić information content (AvgIpc) is 3.06. The zero-order chi connectivity index (χ0) is 20.8. The number of carboxylic acids is 1. The maximum atomic E-state index is 13.0. The van der Waals surface area contributed by atoms with Crippen LogP contribution in [0.25, 0.3) is 0 Å². The SMILES string of the molecule is O=C(O)c1ccc(CC[C@H]2C(=O)CC[C@@H]2C=CC(O)Cc2ccc(F)cc2)cc1. The Balaban J connectivity index is 1.55. The van der Waals surface area contributed by atoms with Crippen molar-refractivity contribution in [3.8, 4) is 0 Å². The van der Waals surface area contributed by atoms with E-state index in [4.69, 9.17) is 5.11 Å². The number of rotatable bonds is 8. The second kappa shape index (κ2) is 9.61. The molecular weight excluding hydrogens is 371 g/mol. The van der Waals surface area contributed by atoms with Crippen molar-refractivity contribution in [1.29, 1.82) is 0 Å². The summed E-state index contributed by atoms with van der Waals surface area (Å²) in [5, 5.41) is 19.2. The lowest BCUT2D eigenvalue weighted by Crippen LogP contribution is -2.15. The smallest absolute Gasteiger partial charge is 0.335 e. The summed E-state index contributed by atoms with van der Waals surface area (Å²) in [5.74, 6) is -0.988. The molecule has 29 heavy (non-hydrogen) atoms. The Morgan fingerprint density at radius 3 is 2.41 bits per heavy atom. The van der Waals surface area contributed by atoms with Gasteiger partial charge in [0.25, 0.3) is 0 Å². The molecule has 1 aliphatic rings. The first-order valence-electron chi connectivity index (χ1n) is 9.88. The molecule has 1 aliphatic carbocycles. The van der Waals surface area contributed by atoms with Crippen molar-refractivity contribution in [2.75, 3.05) is 0 Å². The summed E-state index contributed by atoms with van der Waals surface area (Å²) in [4.78, 5) is 23.2. The van der Waals surface area contributed by atoms with Crippen molar-refractivity contribution in [3.63, 3.8) is 0 Å². The van der Waals surface area contributed by atoms with E-state index in [1.807, 2.05) is 6.08 Å². The summed E-state index contributed by atoms with van der Waals surface area (Å²) < 4.78 is 13.0. The Labute approximate surface area is 169 Å². The Morgan fingerprint density at radius 2 is 1.76 bits per heavy atom. The first kappa shape index (κ1) is 20.9. The summed E-state index contributed by atoms with van der Waals surface area (Å²) in [6, 6.07) is 12.8. The second-order valence-corrected chi connectivity index (χ2v) is 7.60. The number of aliphatic hydroxyl groups is 1.